The Morgan fingerprint density at radius 2 is 1.91 bits per heavy atom. The van der Waals surface area contributed by atoms with Crippen LogP contribution < -0.4 is 5.32 Å². The third kappa shape index (κ3) is 3.08. The first-order valence-electron chi connectivity index (χ1n) is 7.27. The molecule has 0 bridgehead atoms. The van der Waals surface area contributed by atoms with Gasteiger partial charge in [0, 0.05) is 28.7 Å². The van der Waals surface area contributed by atoms with Gasteiger partial charge in [-0.25, -0.2) is 0 Å². The van der Waals surface area contributed by atoms with Crippen molar-refractivity contribution in [3.63, 3.8) is 0 Å². The van der Waals surface area contributed by atoms with Crippen LogP contribution in [0, 0.1) is 0 Å². The van der Waals surface area contributed by atoms with E-state index in [4.69, 9.17) is 0 Å². The summed E-state index contributed by atoms with van der Waals surface area (Å²) in [6, 6.07) is 17.1. The summed E-state index contributed by atoms with van der Waals surface area (Å²) in [5.41, 5.74) is 3.61. The second kappa shape index (κ2) is 6.56. The first kappa shape index (κ1) is 14.5. The van der Waals surface area contributed by atoms with Crippen LogP contribution in [0.4, 0.5) is 0 Å². The number of Topliss-reactive ketones (excluding diaryl/α,β-unsaturated/α-hetero) is 1. The number of ketones is 1. The molecule has 0 aliphatic carbocycles. The number of aliphatic hydroxyl groups excluding tert-OH is 1. The normalized spacial score (nSPS) is 11.0. The largest absolute Gasteiger partial charge is 0.392 e. The molecule has 0 saturated heterocycles. The highest BCUT2D eigenvalue weighted by molar-refractivity contribution is 5.97. The van der Waals surface area contributed by atoms with Crippen molar-refractivity contribution < 1.29 is 9.90 Å². The van der Waals surface area contributed by atoms with Crippen LogP contribution in [0.3, 0.4) is 0 Å². The minimum Gasteiger partial charge on any atom is -0.392 e. The van der Waals surface area contributed by atoms with Gasteiger partial charge < -0.3 is 15.4 Å². The molecule has 0 spiro atoms. The summed E-state index contributed by atoms with van der Waals surface area (Å²) in [7, 11) is 0. The summed E-state index contributed by atoms with van der Waals surface area (Å²) in [6.45, 7) is 0.902. The Kier molecular flexibility index (Phi) is 4.32. The molecule has 0 aliphatic heterocycles. The molecule has 0 radical (unpaired) electrons. The SMILES string of the molecule is O=C(CNCc1cc2c(CO)cccc2[nH]1)c1ccccc1. The van der Waals surface area contributed by atoms with Gasteiger partial charge in [-0.2, -0.15) is 0 Å². The summed E-state index contributed by atoms with van der Waals surface area (Å²) in [4.78, 5) is 15.3. The highest BCUT2D eigenvalue weighted by Crippen LogP contribution is 2.19. The predicted molar refractivity (Wildman–Crippen MR) is 86.7 cm³/mol. The molecular weight excluding hydrogens is 276 g/mol. The van der Waals surface area contributed by atoms with E-state index in [0.29, 0.717) is 18.7 Å². The van der Waals surface area contributed by atoms with Crippen LogP contribution in [-0.4, -0.2) is 22.4 Å². The lowest BCUT2D eigenvalue weighted by Gasteiger charge is -2.02. The molecule has 4 heteroatoms. The van der Waals surface area contributed by atoms with Gasteiger partial charge in [0.2, 0.25) is 0 Å². The van der Waals surface area contributed by atoms with Crippen molar-refractivity contribution in [3.8, 4) is 0 Å². The fourth-order valence-corrected chi connectivity index (χ4v) is 2.55. The number of aromatic amines is 1. The van der Waals surface area contributed by atoms with Crippen LogP contribution in [0.1, 0.15) is 21.6 Å². The number of carbonyl (C=O) groups is 1. The van der Waals surface area contributed by atoms with Crippen molar-refractivity contribution in [2.45, 2.75) is 13.2 Å². The third-order valence-electron chi connectivity index (χ3n) is 3.68. The maximum absolute atomic E-state index is 12.0. The van der Waals surface area contributed by atoms with Crippen molar-refractivity contribution in [1.82, 2.24) is 10.3 Å². The van der Waals surface area contributed by atoms with Crippen LogP contribution in [0.2, 0.25) is 0 Å². The number of rotatable bonds is 6. The van der Waals surface area contributed by atoms with E-state index in [2.05, 4.69) is 10.3 Å². The molecular formula is C18H18N2O2. The number of aromatic nitrogens is 1. The molecule has 1 aromatic heterocycles. The van der Waals surface area contributed by atoms with Crippen molar-refractivity contribution in [2.75, 3.05) is 6.54 Å². The van der Waals surface area contributed by atoms with Gasteiger partial charge in [-0.1, -0.05) is 42.5 Å². The summed E-state index contributed by atoms with van der Waals surface area (Å²) in [6.07, 6.45) is 0. The van der Waals surface area contributed by atoms with E-state index in [1.54, 1.807) is 0 Å². The zero-order valence-corrected chi connectivity index (χ0v) is 12.2. The summed E-state index contributed by atoms with van der Waals surface area (Å²) < 4.78 is 0. The minimum atomic E-state index is 0.0224. The number of carbonyl (C=O) groups excluding carboxylic acids is 1. The van der Waals surface area contributed by atoms with Gasteiger partial charge in [0.15, 0.2) is 5.78 Å². The third-order valence-corrected chi connectivity index (χ3v) is 3.68. The standard InChI is InChI=1S/C18H18N2O2/c21-12-14-7-4-8-17-16(14)9-15(20-17)10-19-11-18(22)13-5-2-1-3-6-13/h1-9,19-21H,10-12H2. The maximum atomic E-state index is 12.0. The van der Waals surface area contributed by atoms with E-state index in [1.807, 2.05) is 54.6 Å². The van der Waals surface area contributed by atoms with Crippen molar-refractivity contribution in [1.29, 1.82) is 0 Å². The second-order valence-electron chi connectivity index (χ2n) is 5.22. The van der Waals surface area contributed by atoms with Gasteiger partial charge in [0.1, 0.15) is 0 Å². The van der Waals surface area contributed by atoms with Gasteiger partial charge in [0.05, 0.1) is 13.2 Å². The zero-order valence-electron chi connectivity index (χ0n) is 12.2. The number of nitrogens with one attached hydrogen (secondary N) is 2. The average molecular weight is 294 g/mol. The Bertz CT molecular complexity index is 778. The van der Waals surface area contributed by atoms with Crippen molar-refractivity contribution in [3.05, 3.63) is 71.4 Å². The van der Waals surface area contributed by atoms with E-state index in [1.165, 1.54) is 0 Å². The van der Waals surface area contributed by atoms with E-state index in [-0.39, 0.29) is 12.4 Å². The second-order valence-corrected chi connectivity index (χ2v) is 5.22. The van der Waals surface area contributed by atoms with Gasteiger partial charge in [-0.05, 0) is 17.7 Å². The molecule has 4 nitrogen and oxygen atoms in total. The molecule has 0 unspecified atom stereocenters. The topological polar surface area (TPSA) is 65.1 Å². The number of hydrogen-bond donors (Lipinski definition) is 3. The molecule has 3 N–H and O–H groups in total. The summed E-state index contributed by atoms with van der Waals surface area (Å²) in [5, 5.41) is 13.5. The Balaban J connectivity index is 1.63. The molecule has 0 atom stereocenters. The van der Waals surface area contributed by atoms with E-state index >= 15 is 0 Å². The van der Waals surface area contributed by atoms with Gasteiger partial charge >= 0.3 is 0 Å². The zero-order chi connectivity index (χ0) is 15.4. The monoisotopic (exact) mass is 294 g/mol. The van der Waals surface area contributed by atoms with Crippen molar-refractivity contribution >= 4 is 16.7 Å². The Morgan fingerprint density at radius 3 is 2.68 bits per heavy atom. The lowest BCUT2D eigenvalue weighted by Crippen LogP contribution is -2.22. The fraction of sp³-hybridized carbons (Fsp3) is 0.167. The molecule has 0 aliphatic rings. The number of fused-ring (bicyclic) bond motifs is 1. The van der Waals surface area contributed by atoms with Crippen LogP contribution in [0.5, 0.6) is 0 Å². The Morgan fingerprint density at radius 1 is 1.09 bits per heavy atom. The lowest BCUT2D eigenvalue weighted by molar-refractivity contribution is 0.0990. The number of aliphatic hydroxyl groups is 1. The molecule has 3 rings (SSSR count). The van der Waals surface area contributed by atoms with Crippen LogP contribution >= 0.6 is 0 Å². The average Bonchev–Trinajstić information content (AvgIpc) is 2.98. The van der Waals surface area contributed by atoms with E-state index < -0.39 is 0 Å². The Hall–Kier alpha value is -2.43. The molecule has 0 saturated carbocycles. The number of hydrogen-bond acceptors (Lipinski definition) is 3. The molecule has 112 valence electrons. The smallest absolute Gasteiger partial charge is 0.176 e. The van der Waals surface area contributed by atoms with E-state index in [0.717, 1.165) is 22.2 Å². The highest BCUT2D eigenvalue weighted by Gasteiger charge is 2.07. The molecule has 1 heterocycles. The van der Waals surface area contributed by atoms with Crippen LogP contribution in [0.25, 0.3) is 10.9 Å². The maximum Gasteiger partial charge on any atom is 0.176 e. The highest BCUT2D eigenvalue weighted by atomic mass is 16.3. The van der Waals surface area contributed by atoms with Gasteiger partial charge in [-0.3, -0.25) is 4.79 Å². The number of benzene rings is 2. The molecule has 0 amide bonds. The van der Waals surface area contributed by atoms with Gasteiger partial charge in [0.25, 0.3) is 0 Å². The summed E-state index contributed by atoms with van der Waals surface area (Å²) in [5.74, 6) is 0.0766. The van der Waals surface area contributed by atoms with E-state index in [9.17, 15) is 9.90 Å². The minimum absolute atomic E-state index is 0.0224. The van der Waals surface area contributed by atoms with Crippen LogP contribution in [-0.2, 0) is 13.2 Å². The van der Waals surface area contributed by atoms with Crippen molar-refractivity contribution in [2.24, 2.45) is 0 Å². The molecule has 2 aromatic carbocycles. The van der Waals surface area contributed by atoms with Crippen LogP contribution in [0.15, 0.2) is 54.6 Å². The first-order chi connectivity index (χ1) is 10.8. The Labute approximate surface area is 128 Å². The first-order valence-corrected chi connectivity index (χ1v) is 7.27. The molecule has 3 aromatic rings. The summed E-state index contributed by atoms with van der Waals surface area (Å²) >= 11 is 0. The number of H-pyrrole nitrogens is 1. The lowest BCUT2D eigenvalue weighted by atomic mass is 10.1. The predicted octanol–water partition coefficient (Wildman–Crippen LogP) is 2.63. The molecule has 0 fully saturated rings. The quantitative estimate of drug-likeness (QED) is 0.612. The van der Waals surface area contributed by atoms with Gasteiger partial charge in [-0.15, -0.1) is 0 Å². The fourth-order valence-electron chi connectivity index (χ4n) is 2.55. The molecule has 22 heavy (non-hydrogen) atoms.